The molecule has 2 aromatic rings. The Morgan fingerprint density at radius 2 is 1.79 bits per heavy atom. The topological polar surface area (TPSA) is 216 Å². The first-order chi connectivity index (χ1) is 22.7. The van der Waals surface area contributed by atoms with Crippen LogP contribution in [0.2, 0.25) is 0 Å². The van der Waals surface area contributed by atoms with Crippen LogP contribution in [-0.4, -0.2) is 117 Å². The Balaban J connectivity index is 0.000000408. The highest BCUT2D eigenvalue weighted by Crippen LogP contribution is 2.34. The molecule has 0 amide bonds. The van der Waals surface area contributed by atoms with Gasteiger partial charge in [-0.15, -0.1) is 0 Å². The van der Waals surface area contributed by atoms with E-state index in [1.54, 1.807) is 7.11 Å². The molecule has 4 rings (SSSR count). The molecule has 2 aliphatic heterocycles. The summed E-state index contributed by atoms with van der Waals surface area (Å²) in [5.74, 6) is -4.50. The molecule has 2 atom stereocenters. The van der Waals surface area contributed by atoms with E-state index in [2.05, 4.69) is 16.3 Å². The average molecular weight is 678 g/mol. The van der Waals surface area contributed by atoms with Gasteiger partial charge in [0.05, 0.1) is 25.9 Å². The molecule has 1 aromatic heterocycles. The number of aliphatic hydroxyl groups is 1. The lowest BCUT2D eigenvalue weighted by Gasteiger charge is -2.25. The number of pyridine rings is 1. The Labute approximate surface area is 277 Å². The maximum atomic E-state index is 15.7. The number of fused-ring (bicyclic) bond motifs is 1. The fourth-order valence-electron chi connectivity index (χ4n) is 5.76. The van der Waals surface area contributed by atoms with Crippen molar-refractivity contribution >= 4 is 29.7 Å². The van der Waals surface area contributed by atoms with Crippen molar-refractivity contribution in [2.24, 2.45) is 0 Å². The summed E-state index contributed by atoms with van der Waals surface area (Å²) in [4.78, 5) is 48.8. The molecule has 2 unspecified atom stereocenters. The van der Waals surface area contributed by atoms with Crippen LogP contribution in [0.25, 0.3) is 0 Å². The van der Waals surface area contributed by atoms with Crippen LogP contribution < -0.4 is 10.1 Å². The van der Waals surface area contributed by atoms with Gasteiger partial charge in [-0.25, -0.2) is 14.2 Å². The van der Waals surface area contributed by atoms with E-state index >= 15 is 4.39 Å². The first-order valence-electron chi connectivity index (χ1n) is 15.7. The summed E-state index contributed by atoms with van der Waals surface area (Å²) in [6.07, 6.45) is 1.33. The summed E-state index contributed by atoms with van der Waals surface area (Å²) in [5.41, 5.74) is -0.978. The lowest BCUT2D eigenvalue weighted by molar-refractivity contribution is -0.170. The maximum absolute atomic E-state index is 15.7. The largest absolute Gasteiger partial charge is 0.491 e. The summed E-state index contributed by atoms with van der Waals surface area (Å²) in [6.45, 7) is 3.28. The van der Waals surface area contributed by atoms with E-state index in [0.717, 1.165) is 36.5 Å². The number of halogens is 1. The Morgan fingerprint density at radius 1 is 1.06 bits per heavy atom. The molecule has 1 aromatic carbocycles. The molecular weight excluding hydrogens is 633 g/mol. The first kappa shape index (κ1) is 38.1. The van der Waals surface area contributed by atoms with Crippen LogP contribution in [0.4, 0.5) is 10.2 Å². The molecule has 0 bridgehead atoms. The molecule has 0 spiro atoms. The SMILES string of the molecule is COCCOc1cccc(C(CC(=O)O)CN2CCC(F)(CCc3ccc4c(n3)NCCC4)C2)c1.O=C(O)CC(O)(CC(=O)O)C(=O)O. The third-order valence-corrected chi connectivity index (χ3v) is 8.23. The van der Waals surface area contributed by atoms with Crippen LogP contribution in [0.1, 0.15) is 61.3 Å². The van der Waals surface area contributed by atoms with Gasteiger partial charge in [0.1, 0.15) is 23.8 Å². The van der Waals surface area contributed by atoms with E-state index in [1.807, 2.05) is 30.3 Å². The van der Waals surface area contributed by atoms with Crippen LogP contribution in [0, 0.1) is 0 Å². The van der Waals surface area contributed by atoms with Gasteiger partial charge in [0.15, 0.2) is 5.60 Å². The third kappa shape index (κ3) is 12.0. The van der Waals surface area contributed by atoms with Crippen molar-refractivity contribution in [3.8, 4) is 5.75 Å². The summed E-state index contributed by atoms with van der Waals surface area (Å²) in [6, 6.07) is 11.7. The monoisotopic (exact) mass is 677 g/mol. The van der Waals surface area contributed by atoms with E-state index in [1.165, 1.54) is 5.56 Å². The Bertz CT molecular complexity index is 1410. The Morgan fingerprint density at radius 3 is 2.44 bits per heavy atom. The molecule has 3 heterocycles. The van der Waals surface area contributed by atoms with Crippen LogP contribution in [0.5, 0.6) is 5.75 Å². The predicted octanol–water partition coefficient (Wildman–Crippen LogP) is 2.82. The number of rotatable bonds is 17. The van der Waals surface area contributed by atoms with Crippen molar-refractivity contribution in [3.05, 3.63) is 53.2 Å². The van der Waals surface area contributed by atoms with Crippen molar-refractivity contribution in [1.29, 1.82) is 0 Å². The Hall–Kier alpha value is -4.34. The number of aromatic nitrogens is 1. The van der Waals surface area contributed by atoms with Crippen molar-refractivity contribution in [2.45, 2.75) is 68.6 Å². The highest BCUT2D eigenvalue weighted by Gasteiger charge is 2.41. The number of carbonyl (C=O) groups is 4. The van der Waals surface area contributed by atoms with E-state index in [4.69, 9.17) is 34.9 Å². The van der Waals surface area contributed by atoms with E-state index in [0.29, 0.717) is 57.9 Å². The number of carboxylic acid groups (broad SMARTS) is 4. The maximum Gasteiger partial charge on any atom is 0.336 e. The Kier molecular flexibility index (Phi) is 14.1. The van der Waals surface area contributed by atoms with Crippen molar-refractivity contribution in [3.63, 3.8) is 0 Å². The summed E-state index contributed by atoms with van der Waals surface area (Å²) in [5, 5.41) is 46.7. The van der Waals surface area contributed by atoms with Gasteiger partial charge in [-0.05, 0) is 61.4 Å². The molecule has 0 radical (unpaired) electrons. The number of hydrogen-bond donors (Lipinski definition) is 6. The number of aliphatic carboxylic acids is 4. The van der Waals surface area contributed by atoms with Gasteiger partial charge in [0.2, 0.25) is 0 Å². The molecule has 264 valence electrons. The highest BCUT2D eigenvalue weighted by atomic mass is 19.1. The second kappa shape index (κ2) is 17.7. The molecule has 14 nitrogen and oxygen atoms in total. The smallest absolute Gasteiger partial charge is 0.336 e. The number of nitrogens with one attached hydrogen (secondary N) is 1. The van der Waals surface area contributed by atoms with Gasteiger partial charge in [0, 0.05) is 44.9 Å². The van der Waals surface area contributed by atoms with E-state index in [-0.39, 0.29) is 12.3 Å². The number of alkyl halides is 1. The van der Waals surface area contributed by atoms with Crippen LogP contribution in [0.3, 0.4) is 0 Å². The van der Waals surface area contributed by atoms with Crippen LogP contribution >= 0.6 is 0 Å². The first-order valence-corrected chi connectivity index (χ1v) is 15.7. The number of anilines is 1. The second-order valence-electron chi connectivity index (χ2n) is 12.2. The molecule has 1 fully saturated rings. The average Bonchev–Trinajstić information content (AvgIpc) is 3.39. The summed E-state index contributed by atoms with van der Waals surface area (Å²) >= 11 is 0. The minimum atomic E-state index is -2.74. The minimum Gasteiger partial charge on any atom is -0.491 e. The third-order valence-electron chi connectivity index (χ3n) is 8.23. The standard InChI is InChI=1S/C27H36FN3O4.C6H8O7/c1-34-14-15-35-24-6-2-4-21(16-24)22(17-25(32)33)18-31-13-11-27(28,19-31)10-9-23-8-7-20-5-3-12-29-26(20)30-23;7-3(8)1-6(13,5(11)12)2-4(9)10/h2,4,6-8,16,22H,3,5,9-15,17-19H2,1H3,(H,29,30)(H,32,33);13H,1-2H2,(H,7,8)(H,9,10)(H,11,12). The van der Waals surface area contributed by atoms with Crippen molar-refractivity contribution < 1.29 is 58.6 Å². The summed E-state index contributed by atoms with van der Waals surface area (Å²) < 4.78 is 26.4. The number of hydrogen-bond acceptors (Lipinski definition) is 10. The molecule has 15 heteroatoms. The molecule has 2 aliphatic rings. The summed E-state index contributed by atoms with van der Waals surface area (Å²) in [7, 11) is 1.62. The fraction of sp³-hybridized carbons (Fsp3) is 0.545. The number of likely N-dealkylation sites (tertiary alicyclic amines) is 1. The lowest BCUT2D eigenvalue weighted by atomic mass is 9.94. The number of nitrogens with zero attached hydrogens (tertiary/aromatic N) is 2. The minimum absolute atomic E-state index is 0.0106. The molecule has 48 heavy (non-hydrogen) atoms. The highest BCUT2D eigenvalue weighted by molar-refractivity contribution is 5.88. The van der Waals surface area contributed by atoms with Gasteiger partial charge in [-0.3, -0.25) is 19.3 Å². The zero-order valence-corrected chi connectivity index (χ0v) is 26.9. The van der Waals surface area contributed by atoms with Gasteiger partial charge in [0.25, 0.3) is 0 Å². The van der Waals surface area contributed by atoms with Crippen molar-refractivity contribution in [1.82, 2.24) is 9.88 Å². The van der Waals surface area contributed by atoms with Gasteiger partial charge >= 0.3 is 23.9 Å². The fourth-order valence-corrected chi connectivity index (χ4v) is 5.76. The quantitative estimate of drug-likeness (QED) is 0.133. The molecule has 0 aliphatic carbocycles. The van der Waals surface area contributed by atoms with Crippen molar-refractivity contribution in [2.75, 3.05) is 51.8 Å². The van der Waals surface area contributed by atoms with E-state index in [9.17, 15) is 24.3 Å². The van der Waals surface area contributed by atoms with Gasteiger partial charge in [-0.2, -0.15) is 0 Å². The van der Waals surface area contributed by atoms with Crippen LogP contribution in [-0.2, 0) is 36.8 Å². The van der Waals surface area contributed by atoms with Gasteiger partial charge < -0.3 is 40.3 Å². The van der Waals surface area contributed by atoms with Gasteiger partial charge in [-0.1, -0.05) is 18.2 Å². The lowest BCUT2D eigenvalue weighted by Crippen LogP contribution is -2.42. The zero-order chi connectivity index (χ0) is 35.3. The number of ether oxygens (including phenoxy) is 2. The zero-order valence-electron chi connectivity index (χ0n) is 26.9. The van der Waals surface area contributed by atoms with Crippen LogP contribution in [0.15, 0.2) is 36.4 Å². The van der Waals surface area contributed by atoms with E-state index < -0.39 is 48.0 Å². The number of methoxy groups -OCH3 is 1. The second-order valence-corrected chi connectivity index (χ2v) is 12.2. The number of carboxylic acids is 4. The molecular formula is C33H44FN3O11. The molecule has 1 saturated heterocycles. The molecule has 0 saturated carbocycles. The number of aryl methyl sites for hydroxylation is 2. The number of benzene rings is 1. The molecule has 6 N–H and O–H groups in total. The predicted molar refractivity (Wildman–Crippen MR) is 170 cm³/mol. The normalized spacial score (nSPS) is 18.1.